The number of rotatable bonds is 6. The van der Waals surface area contributed by atoms with Crippen LogP contribution >= 0.6 is 12.4 Å². The fraction of sp³-hybridized carbons (Fsp3) is 0.933. The van der Waals surface area contributed by atoms with E-state index < -0.39 is 6.04 Å². The highest BCUT2D eigenvalue weighted by atomic mass is 35.5. The van der Waals surface area contributed by atoms with Crippen LogP contribution in [-0.4, -0.2) is 18.5 Å². The van der Waals surface area contributed by atoms with Crippen molar-refractivity contribution >= 4 is 18.3 Å². The molecule has 0 heterocycles. The molecule has 0 aliphatic heterocycles. The molecule has 0 aromatic heterocycles. The number of amides is 1. The quantitative estimate of drug-likeness (QED) is 0.738. The molecule has 19 heavy (non-hydrogen) atoms. The fourth-order valence-electron chi connectivity index (χ4n) is 2.57. The van der Waals surface area contributed by atoms with Gasteiger partial charge in [0.25, 0.3) is 0 Å². The molecule has 1 fully saturated rings. The van der Waals surface area contributed by atoms with Gasteiger partial charge in [-0.25, -0.2) is 0 Å². The molecule has 3 nitrogen and oxygen atoms in total. The van der Waals surface area contributed by atoms with E-state index in [1.165, 1.54) is 38.5 Å². The Labute approximate surface area is 124 Å². The first-order chi connectivity index (χ1) is 8.41. The van der Waals surface area contributed by atoms with Gasteiger partial charge >= 0.3 is 0 Å². The standard InChI is InChI=1S/C15H30N2O.ClH/c1-15(2,3)13(16)14(18)17-11-7-6-10-12-8-4-5-9-12;/h12-13H,4-11,16H2,1-3H3,(H,17,18);1H/t13-;/m1./s1. The summed E-state index contributed by atoms with van der Waals surface area (Å²) in [5, 5.41) is 2.95. The Hall–Kier alpha value is -0.280. The molecule has 0 spiro atoms. The van der Waals surface area contributed by atoms with E-state index in [9.17, 15) is 4.79 Å². The highest BCUT2D eigenvalue weighted by Gasteiger charge is 2.26. The van der Waals surface area contributed by atoms with E-state index in [1.54, 1.807) is 0 Å². The zero-order chi connectivity index (χ0) is 13.6. The summed E-state index contributed by atoms with van der Waals surface area (Å²) in [6, 6.07) is -0.410. The van der Waals surface area contributed by atoms with E-state index >= 15 is 0 Å². The van der Waals surface area contributed by atoms with Crippen LogP contribution in [0.2, 0.25) is 0 Å². The zero-order valence-corrected chi connectivity index (χ0v) is 13.5. The Balaban J connectivity index is 0.00000324. The van der Waals surface area contributed by atoms with Crippen molar-refractivity contribution in [3.63, 3.8) is 0 Å². The molecule has 1 aliphatic carbocycles. The van der Waals surface area contributed by atoms with Crippen LogP contribution in [-0.2, 0) is 4.79 Å². The van der Waals surface area contributed by atoms with Crippen molar-refractivity contribution in [2.45, 2.75) is 71.8 Å². The molecule has 1 saturated carbocycles. The van der Waals surface area contributed by atoms with Crippen LogP contribution in [0.5, 0.6) is 0 Å². The molecule has 0 saturated heterocycles. The van der Waals surface area contributed by atoms with Crippen LogP contribution in [0.4, 0.5) is 0 Å². The third-order valence-corrected chi connectivity index (χ3v) is 4.03. The predicted octanol–water partition coefficient (Wildman–Crippen LogP) is 3.26. The lowest BCUT2D eigenvalue weighted by molar-refractivity contribution is -0.124. The van der Waals surface area contributed by atoms with Crippen LogP contribution in [0.1, 0.15) is 65.7 Å². The van der Waals surface area contributed by atoms with Gasteiger partial charge in [0.05, 0.1) is 6.04 Å². The first-order valence-electron chi connectivity index (χ1n) is 7.44. The average Bonchev–Trinajstić information content (AvgIpc) is 2.79. The molecule has 0 aromatic carbocycles. The summed E-state index contributed by atoms with van der Waals surface area (Å²) in [4.78, 5) is 11.8. The first-order valence-corrected chi connectivity index (χ1v) is 7.44. The number of nitrogens with one attached hydrogen (secondary N) is 1. The molecule has 3 N–H and O–H groups in total. The second-order valence-electron chi connectivity index (χ2n) is 6.78. The largest absolute Gasteiger partial charge is 0.355 e. The third kappa shape index (κ3) is 7.17. The van der Waals surface area contributed by atoms with Gasteiger partial charge in [-0.05, 0) is 17.8 Å². The maximum Gasteiger partial charge on any atom is 0.237 e. The van der Waals surface area contributed by atoms with Crippen LogP contribution in [0.15, 0.2) is 0 Å². The smallest absolute Gasteiger partial charge is 0.237 e. The Morgan fingerprint density at radius 2 is 1.84 bits per heavy atom. The number of halogens is 1. The maximum atomic E-state index is 11.8. The molecule has 1 atom stereocenters. The van der Waals surface area contributed by atoms with Gasteiger partial charge in [0, 0.05) is 6.54 Å². The molecule has 0 aromatic rings. The second-order valence-corrected chi connectivity index (χ2v) is 6.78. The van der Waals surface area contributed by atoms with Crippen LogP contribution in [0, 0.1) is 11.3 Å². The Morgan fingerprint density at radius 1 is 1.26 bits per heavy atom. The molecule has 0 unspecified atom stereocenters. The summed E-state index contributed by atoms with van der Waals surface area (Å²) >= 11 is 0. The minimum atomic E-state index is -0.410. The van der Waals surface area contributed by atoms with Gasteiger partial charge in [0.2, 0.25) is 5.91 Å². The minimum Gasteiger partial charge on any atom is -0.355 e. The topological polar surface area (TPSA) is 55.1 Å². The summed E-state index contributed by atoms with van der Waals surface area (Å²) in [5.74, 6) is 0.945. The summed E-state index contributed by atoms with van der Waals surface area (Å²) < 4.78 is 0. The normalized spacial score (nSPS) is 17.9. The zero-order valence-electron chi connectivity index (χ0n) is 12.7. The summed E-state index contributed by atoms with van der Waals surface area (Å²) in [6.07, 6.45) is 9.32. The average molecular weight is 291 g/mol. The maximum absolute atomic E-state index is 11.8. The number of carbonyl (C=O) groups excluding carboxylic acids is 1. The van der Waals surface area contributed by atoms with Crippen LogP contribution in [0.25, 0.3) is 0 Å². The van der Waals surface area contributed by atoms with Gasteiger partial charge in [-0.3, -0.25) is 4.79 Å². The Kier molecular flexibility index (Phi) is 8.67. The summed E-state index contributed by atoms with van der Waals surface area (Å²) in [5.41, 5.74) is 5.74. The van der Waals surface area contributed by atoms with E-state index in [1.807, 2.05) is 20.8 Å². The summed E-state index contributed by atoms with van der Waals surface area (Å²) in [7, 11) is 0. The van der Waals surface area contributed by atoms with Gasteiger partial charge < -0.3 is 11.1 Å². The molecule has 0 radical (unpaired) electrons. The number of hydrogen-bond donors (Lipinski definition) is 2. The molecule has 0 bridgehead atoms. The molecule has 4 heteroatoms. The number of nitrogens with two attached hydrogens (primary N) is 1. The van der Waals surface area contributed by atoms with Gasteiger partial charge in [-0.15, -0.1) is 12.4 Å². The minimum absolute atomic E-state index is 0. The van der Waals surface area contributed by atoms with E-state index in [0.29, 0.717) is 0 Å². The van der Waals surface area contributed by atoms with Crippen molar-refractivity contribution < 1.29 is 4.79 Å². The summed E-state index contributed by atoms with van der Waals surface area (Å²) in [6.45, 7) is 6.77. The predicted molar refractivity (Wildman–Crippen MR) is 83.5 cm³/mol. The Morgan fingerprint density at radius 3 is 2.37 bits per heavy atom. The SMILES string of the molecule is CC(C)(C)[C@H](N)C(=O)NCCCCC1CCCC1.Cl. The Bertz CT molecular complexity index is 257. The second kappa shape index (κ2) is 8.80. The molecule has 1 amide bonds. The van der Waals surface area contributed by atoms with Crippen LogP contribution in [0.3, 0.4) is 0 Å². The van der Waals surface area contributed by atoms with Crippen LogP contribution < -0.4 is 11.1 Å². The van der Waals surface area contributed by atoms with E-state index in [0.717, 1.165) is 18.9 Å². The number of carbonyl (C=O) groups is 1. The number of unbranched alkanes of at least 4 members (excludes halogenated alkanes) is 1. The molecular formula is C15H31ClN2O. The van der Waals surface area contributed by atoms with Gasteiger partial charge in [-0.1, -0.05) is 59.3 Å². The van der Waals surface area contributed by atoms with Gasteiger partial charge in [0.15, 0.2) is 0 Å². The molecule has 1 rings (SSSR count). The number of hydrogen-bond acceptors (Lipinski definition) is 2. The van der Waals surface area contributed by atoms with Gasteiger partial charge in [-0.2, -0.15) is 0 Å². The van der Waals surface area contributed by atoms with Crippen molar-refractivity contribution in [2.75, 3.05) is 6.54 Å². The van der Waals surface area contributed by atoms with Crippen molar-refractivity contribution in [1.82, 2.24) is 5.32 Å². The van der Waals surface area contributed by atoms with Crippen molar-refractivity contribution in [3.8, 4) is 0 Å². The fourth-order valence-corrected chi connectivity index (χ4v) is 2.57. The monoisotopic (exact) mass is 290 g/mol. The third-order valence-electron chi connectivity index (χ3n) is 4.03. The van der Waals surface area contributed by atoms with E-state index in [2.05, 4.69) is 5.32 Å². The lowest BCUT2D eigenvalue weighted by atomic mass is 9.87. The highest BCUT2D eigenvalue weighted by molar-refractivity contribution is 5.85. The highest BCUT2D eigenvalue weighted by Crippen LogP contribution is 2.28. The molecule has 1 aliphatic rings. The first kappa shape index (κ1) is 18.7. The van der Waals surface area contributed by atoms with E-state index in [-0.39, 0.29) is 23.7 Å². The molecular weight excluding hydrogens is 260 g/mol. The van der Waals surface area contributed by atoms with Gasteiger partial charge in [0.1, 0.15) is 0 Å². The van der Waals surface area contributed by atoms with Crippen molar-refractivity contribution in [1.29, 1.82) is 0 Å². The van der Waals surface area contributed by atoms with Crippen molar-refractivity contribution in [2.24, 2.45) is 17.1 Å². The molecule has 114 valence electrons. The van der Waals surface area contributed by atoms with E-state index in [4.69, 9.17) is 5.73 Å². The lowest BCUT2D eigenvalue weighted by Gasteiger charge is -2.25. The van der Waals surface area contributed by atoms with Crippen molar-refractivity contribution in [3.05, 3.63) is 0 Å². The lowest BCUT2D eigenvalue weighted by Crippen LogP contribution is -2.48.